The first-order valence-corrected chi connectivity index (χ1v) is 15.6. The van der Waals surface area contributed by atoms with Gasteiger partial charge in [-0.1, -0.05) is 6.92 Å². The van der Waals surface area contributed by atoms with Gasteiger partial charge in [-0.25, -0.2) is 13.2 Å². The highest BCUT2D eigenvalue weighted by molar-refractivity contribution is 7.89. The summed E-state index contributed by atoms with van der Waals surface area (Å²) >= 11 is 1.32. The Hall–Kier alpha value is -2.88. The zero-order valence-corrected chi connectivity index (χ0v) is 25.8. The molecule has 2 heterocycles. The molecule has 12 nitrogen and oxygen atoms in total. The predicted octanol–water partition coefficient (Wildman–Crippen LogP) is 2.46. The molecule has 3 rings (SSSR count). The van der Waals surface area contributed by atoms with E-state index in [2.05, 4.69) is 22.5 Å². The molecule has 0 spiro atoms. The number of rotatable bonds is 13. The van der Waals surface area contributed by atoms with Crippen LogP contribution >= 0.6 is 11.3 Å². The highest BCUT2D eigenvalue weighted by Crippen LogP contribution is 2.37. The van der Waals surface area contributed by atoms with Crippen LogP contribution in [0.3, 0.4) is 0 Å². The summed E-state index contributed by atoms with van der Waals surface area (Å²) < 4.78 is 37.8. The molecule has 0 saturated heterocycles. The maximum absolute atomic E-state index is 13.3. The van der Waals surface area contributed by atoms with Gasteiger partial charge in [0.1, 0.15) is 5.00 Å². The normalized spacial score (nSPS) is 13.6. The van der Waals surface area contributed by atoms with Crippen LogP contribution in [0.5, 0.6) is 0 Å². The van der Waals surface area contributed by atoms with Crippen molar-refractivity contribution in [2.75, 3.05) is 73.0 Å². The average Bonchev–Trinajstić information content (AvgIpc) is 3.30. The van der Waals surface area contributed by atoms with Crippen LogP contribution in [0, 0.1) is 0 Å². The number of anilines is 1. The van der Waals surface area contributed by atoms with E-state index in [1.807, 2.05) is 0 Å². The first-order valence-electron chi connectivity index (χ1n) is 13.3. The molecule has 0 radical (unpaired) electrons. The number of carbonyl (C=O) groups excluding carboxylic acids is 3. The summed E-state index contributed by atoms with van der Waals surface area (Å²) in [5.74, 6) is -1.07. The Kier molecular flexibility index (Phi) is 11.8. The van der Waals surface area contributed by atoms with E-state index in [0.717, 1.165) is 30.0 Å². The Bertz CT molecular complexity index is 1320. The van der Waals surface area contributed by atoms with Crippen molar-refractivity contribution < 1.29 is 32.3 Å². The fraction of sp³-hybridized carbons (Fsp3) is 0.519. The highest BCUT2D eigenvalue weighted by Gasteiger charge is 2.30. The number of hydrogen-bond donors (Lipinski definition) is 2. The molecule has 0 unspecified atom stereocenters. The molecule has 0 fully saturated rings. The van der Waals surface area contributed by atoms with Gasteiger partial charge in [0.25, 0.3) is 11.8 Å². The van der Waals surface area contributed by atoms with Crippen molar-refractivity contribution in [2.24, 2.45) is 0 Å². The number of benzene rings is 1. The molecule has 14 heteroatoms. The SMILES string of the molecule is CCCN1CCc2c(sc(NC(=O)c3ccc(S(=O)(=O)N(CCOC)CCOC)cc3)c2C(=O)NC(=O)N(C)C)C1. The van der Waals surface area contributed by atoms with Crippen LogP contribution in [0.4, 0.5) is 9.80 Å². The van der Waals surface area contributed by atoms with E-state index in [4.69, 9.17) is 9.47 Å². The molecule has 41 heavy (non-hydrogen) atoms. The Labute approximate surface area is 245 Å². The Morgan fingerprint density at radius 3 is 2.22 bits per heavy atom. The molecule has 0 bridgehead atoms. The number of thiophene rings is 1. The smallest absolute Gasteiger partial charge is 0.323 e. The van der Waals surface area contributed by atoms with Crippen LogP contribution in [0.2, 0.25) is 0 Å². The molecule has 1 aromatic carbocycles. The lowest BCUT2D eigenvalue weighted by Crippen LogP contribution is -2.39. The molecule has 1 aliphatic rings. The van der Waals surface area contributed by atoms with Gasteiger partial charge >= 0.3 is 6.03 Å². The van der Waals surface area contributed by atoms with Crippen molar-refractivity contribution >= 4 is 44.2 Å². The van der Waals surface area contributed by atoms with Crippen LogP contribution < -0.4 is 10.6 Å². The molecule has 0 saturated carbocycles. The number of carbonyl (C=O) groups is 3. The van der Waals surface area contributed by atoms with Crippen molar-refractivity contribution in [1.82, 2.24) is 19.4 Å². The number of imide groups is 1. The van der Waals surface area contributed by atoms with Crippen molar-refractivity contribution in [3.8, 4) is 0 Å². The number of nitrogens with one attached hydrogen (secondary N) is 2. The standard InChI is InChI=1S/C27H39N5O7S2/c1-6-12-31-13-11-21-22(18-31)40-26(23(21)25(34)29-27(35)30(2)3)28-24(33)19-7-9-20(10-8-19)41(36,37)32(14-16-38-4)15-17-39-5/h7-10H,6,11-18H2,1-5H3,(H,28,33)(H,29,34,35). The molecule has 0 aliphatic carbocycles. The van der Waals surface area contributed by atoms with Gasteiger partial charge in [0, 0.05) is 64.9 Å². The minimum atomic E-state index is -3.85. The average molecular weight is 610 g/mol. The summed E-state index contributed by atoms with van der Waals surface area (Å²) in [4.78, 5) is 43.2. The van der Waals surface area contributed by atoms with Gasteiger partial charge in [-0.2, -0.15) is 4.31 Å². The summed E-state index contributed by atoms with van der Waals surface area (Å²) in [6, 6.07) is 5.06. The maximum Gasteiger partial charge on any atom is 0.323 e. The van der Waals surface area contributed by atoms with E-state index >= 15 is 0 Å². The third-order valence-electron chi connectivity index (χ3n) is 6.60. The molecule has 1 aliphatic heterocycles. The molecule has 4 amide bonds. The van der Waals surface area contributed by atoms with Crippen molar-refractivity contribution in [2.45, 2.75) is 31.2 Å². The zero-order chi connectivity index (χ0) is 30.2. The van der Waals surface area contributed by atoms with E-state index in [1.54, 1.807) is 0 Å². The van der Waals surface area contributed by atoms with E-state index in [-0.39, 0.29) is 42.3 Å². The number of nitrogens with zero attached hydrogens (tertiary/aromatic N) is 3. The maximum atomic E-state index is 13.3. The monoisotopic (exact) mass is 609 g/mol. The van der Waals surface area contributed by atoms with Gasteiger partial charge in [-0.05, 0) is 49.2 Å². The van der Waals surface area contributed by atoms with Crippen LogP contribution in [0.15, 0.2) is 29.2 Å². The first-order chi connectivity index (χ1) is 19.5. The predicted molar refractivity (Wildman–Crippen MR) is 157 cm³/mol. The quantitative estimate of drug-likeness (QED) is 0.353. The van der Waals surface area contributed by atoms with E-state index in [0.29, 0.717) is 18.0 Å². The van der Waals surface area contributed by atoms with Crippen LogP contribution in [0.25, 0.3) is 0 Å². The second kappa shape index (κ2) is 14.8. The van der Waals surface area contributed by atoms with E-state index in [9.17, 15) is 22.8 Å². The van der Waals surface area contributed by atoms with Crippen molar-refractivity contribution in [3.05, 3.63) is 45.8 Å². The summed E-state index contributed by atoms with van der Waals surface area (Å²) in [5, 5.41) is 5.57. The van der Waals surface area contributed by atoms with Crippen LogP contribution in [0.1, 0.15) is 44.5 Å². The van der Waals surface area contributed by atoms with Crippen LogP contribution in [-0.2, 0) is 32.5 Å². The lowest BCUT2D eigenvalue weighted by atomic mass is 10.0. The molecule has 226 valence electrons. The Morgan fingerprint density at radius 1 is 1.02 bits per heavy atom. The number of amides is 4. The zero-order valence-electron chi connectivity index (χ0n) is 24.2. The van der Waals surface area contributed by atoms with E-state index < -0.39 is 27.9 Å². The number of sulfonamides is 1. The molecule has 2 N–H and O–H groups in total. The number of hydrogen-bond acceptors (Lipinski definition) is 9. The third-order valence-corrected chi connectivity index (χ3v) is 9.65. The van der Waals surface area contributed by atoms with E-state index in [1.165, 1.54) is 73.1 Å². The minimum Gasteiger partial charge on any atom is -0.383 e. The van der Waals surface area contributed by atoms with Gasteiger partial charge in [0.05, 0.1) is 23.7 Å². The fourth-order valence-electron chi connectivity index (χ4n) is 4.40. The molecule has 2 aromatic rings. The third kappa shape index (κ3) is 8.11. The lowest BCUT2D eigenvalue weighted by Gasteiger charge is -2.26. The Balaban J connectivity index is 1.86. The summed E-state index contributed by atoms with van der Waals surface area (Å²) in [6.45, 7) is 5.21. The Morgan fingerprint density at radius 2 is 1.66 bits per heavy atom. The number of ether oxygens (including phenoxy) is 2. The summed E-state index contributed by atoms with van der Waals surface area (Å²) in [5.41, 5.74) is 1.34. The summed E-state index contributed by atoms with van der Waals surface area (Å²) in [6.07, 6.45) is 1.62. The van der Waals surface area contributed by atoms with Gasteiger partial charge in [-0.3, -0.25) is 19.8 Å². The fourth-order valence-corrected chi connectivity index (χ4v) is 7.09. The van der Waals surface area contributed by atoms with Gasteiger partial charge < -0.3 is 19.7 Å². The second-order valence-electron chi connectivity index (χ2n) is 9.76. The molecule has 0 atom stereocenters. The minimum absolute atomic E-state index is 0.0334. The highest BCUT2D eigenvalue weighted by atomic mass is 32.2. The molecule has 1 aromatic heterocycles. The van der Waals surface area contributed by atoms with Crippen molar-refractivity contribution in [3.63, 3.8) is 0 Å². The first kappa shape index (κ1) is 32.6. The van der Waals surface area contributed by atoms with Gasteiger partial charge in [-0.15, -0.1) is 11.3 Å². The second-order valence-corrected chi connectivity index (χ2v) is 12.8. The largest absolute Gasteiger partial charge is 0.383 e. The van der Waals surface area contributed by atoms with Gasteiger partial charge in [0.15, 0.2) is 0 Å². The van der Waals surface area contributed by atoms with Gasteiger partial charge in [0.2, 0.25) is 10.0 Å². The number of methoxy groups -OCH3 is 2. The van der Waals surface area contributed by atoms with Crippen molar-refractivity contribution in [1.29, 1.82) is 0 Å². The van der Waals surface area contributed by atoms with Crippen LogP contribution in [-0.4, -0.2) is 108 Å². The number of fused-ring (bicyclic) bond motifs is 1. The number of urea groups is 1. The lowest BCUT2D eigenvalue weighted by molar-refractivity contribution is 0.0956. The molecular formula is C27H39N5O7S2. The summed E-state index contributed by atoms with van der Waals surface area (Å²) in [7, 11) is 2.22. The topological polar surface area (TPSA) is 138 Å². The molecular weight excluding hydrogens is 570 g/mol.